The Morgan fingerprint density at radius 3 is 2.88 bits per heavy atom. The van der Waals surface area contributed by atoms with Crippen molar-refractivity contribution in [2.24, 2.45) is 5.73 Å². The molecule has 94 valence electrons. The monoisotopic (exact) mass is 257 g/mol. The van der Waals surface area contributed by atoms with Gasteiger partial charge in [-0.3, -0.25) is 4.79 Å². The third kappa shape index (κ3) is 4.36. The summed E-state index contributed by atoms with van der Waals surface area (Å²) in [6.07, 6.45) is 0.668. The van der Waals surface area contributed by atoms with Gasteiger partial charge in [0.25, 0.3) is 0 Å². The molecule has 1 amide bonds. The fourth-order valence-electron chi connectivity index (χ4n) is 1.34. The van der Waals surface area contributed by atoms with Crippen molar-refractivity contribution in [3.8, 4) is 0 Å². The maximum Gasteiger partial charge on any atom is 0.248 e. The number of carbonyl (C=O) groups is 1. The molecule has 1 aromatic rings. The van der Waals surface area contributed by atoms with Crippen LogP contribution in [0.15, 0.2) is 18.2 Å². The average molecular weight is 257 g/mol. The Balaban J connectivity index is 2.69. The van der Waals surface area contributed by atoms with E-state index in [1.54, 1.807) is 0 Å². The smallest absolute Gasteiger partial charge is 0.248 e. The lowest BCUT2D eigenvalue weighted by molar-refractivity contribution is 0.1000. The van der Waals surface area contributed by atoms with E-state index in [2.05, 4.69) is 0 Å². The molecule has 17 heavy (non-hydrogen) atoms. The van der Waals surface area contributed by atoms with Gasteiger partial charge >= 0.3 is 0 Å². The van der Waals surface area contributed by atoms with E-state index in [1.807, 2.05) is 6.92 Å². The van der Waals surface area contributed by atoms with Crippen LogP contribution in [0.5, 0.6) is 0 Å². The van der Waals surface area contributed by atoms with Gasteiger partial charge in [-0.15, -0.1) is 0 Å². The molecular weight excluding hydrogens is 241 g/mol. The van der Waals surface area contributed by atoms with Crippen molar-refractivity contribution in [2.75, 3.05) is 6.61 Å². The first kappa shape index (κ1) is 14.0. The Bertz CT molecular complexity index is 398. The molecule has 1 unspecified atom stereocenters. The van der Waals surface area contributed by atoms with E-state index < -0.39 is 5.91 Å². The number of primary amides is 1. The first-order chi connectivity index (χ1) is 8.04. The van der Waals surface area contributed by atoms with Crippen molar-refractivity contribution < 1.29 is 14.3 Å². The van der Waals surface area contributed by atoms with E-state index >= 15 is 0 Å². The Kier molecular flexibility index (Phi) is 5.44. The molecule has 0 heterocycles. The molecule has 1 atom stereocenters. The van der Waals surface area contributed by atoms with Crippen molar-refractivity contribution in [1.82, 2.24) is 0 Å². The average Bonchev–Trinajstić information content (AvgIpc) is 2.28. The fraction of sp³-hybridized carbons (Fsp3) is 0.417. The summed E-state index contributed by atoms with van der Waals surface area (Å²) in [5.41, 5.74) is 5.92. The van der Waals surface area contributed by atoms with E-state index in [0.717, 1.165) is 0 Å². The number of hydrogen-bond acceptors (Lipinski definition) is 3. The normalized spacial score (nSPS) is 12.4. The number of aliphatic hydroxyl groups excluding tert-OH is 1. The van der Waals surface area contributed by atoms with E-state index in [1.165, 1.54) is 30.0 Å². The molecule has 0 radical (unpaired) electrons. The maximum atomic E-state index is 13.5. The quantitative estimate of drug-likeness (QED) is 0.818. The van der Waals surface area contributed by atoms with Gasteiger partial charge in [0.1, 0.15) is 5.82 Å². The van der Waals surface area contributed by atoms with Crippen LogP contribution in [-0.4, -0.2) is 22.9 Å². The lowest BCUT2D eigenvalue weighted by atomic mass is 10.1. The highest BCUT2D eigenvalue weighted by Crippen LogP contribution is 2.22. The SMILES string of the molecule is CC(CCO)SCc1cc(C(N)=O)ccc1F. The van der Waals surface area contributed by atoms with Gasteiger partial charge in [0.15, 0.2) is 0 Å². The maximum absolute atomic E-state index is 13.5. The van der Waals surface area contributed by atoms with Crippen molar-refractivity contribution in [3.05, 3.63) is 35.1 Å². The molecule has 5 heteroatoms. The molecule has 0 aliphatic rings. The van der Waals surface area contributed by atoms with Gasteiger partial charge in [-0.05, 0) is 30.2 Å². The molecule has 0 aromatic heterocycles. The number of hydrogen-bond donors (Lipinski definition) is 2. The third-order valence-electron chi connectivity index (χ3n) is 2.39. The lowest BCUT2D eigenvalue weighted by Gasteiger charge is -2.10. The number of rotatable bonds is 6. The van der Waals surface area contributed by atoms with Crippen molar-refractivity contribution >= 4 is 17.7 Å². The number of aliphatic hydroxyl groups is 1. The molecule has 1 rings (SSSR count). The number of amides is 1. The Morgan fingerprint density at radius 1 is 1.59 bits per heavy atom. The van der Waals surface area contributed by atoms with Crippen LogP contribution >= 0.6 is 11.8 Å². The summed E-state index contributed by atoms with van der Waals surface area (Å²) in [4.78, 5) is 11.0. The molecule has 0 saturated carbocycles. The summed E-state index contributed by atoms with van der Waals surface area (Å²) in [5.74, 6) is -0.424. The summed E-state index contributed by atoms with van der Waals surface area (Å²) >= 11 is 1.54. The van der Waals surface area contributed by atoms with Crippen LogP contribution < -0.4 is 5.73 Å². The second-order valence-corrected chi connectivity index (χ2v) is 5.23. The predicted octanol–water partition coefficient (Wildman–Crippen LogP) is 1.93. The van der Waals surface area contributed by atoms with E-state index in [0.29, 0.717) is 23.3 Å². The number of thioether (sulfide) groups is 1. The number of halogens is 1. The van der Waals surface area contributed by atoms with Crippen LogP contribution in [0.3, 0.4) is 0 Å². The summed E-state index contributed by atoms with van der Waals surface area (Å²) in [5, 5.41) is 9.00. The van der Waals surface area contributed by atoms with Gasteiger partial charge in [0.05, 0.1) is 0 Å². The molecule has 1 aromatic carbocycles. The first-order valence-electron chi connectivity index (χ1n) is 5.35. The summed E-state index contributed by atoms with van der Waals surface area (Å²) in [6, 6.07) is 4.12. The zero-order chi connectivity index (χ0) is 12.8. The standard InChI is InChI=1S/C12H16FNO2S/c1-8(4-5-15)17-7-10-6-9(12(14)16)2-3-11(10)13/h2-3,6,8,15H,4-5,7H2,1H3,(H2,14,16). The summed E-state index contributed by atoms with van der Waals surface area (Å²) in [7, 11) is 0. The number of nitrogens with two attached hydrogens (primary N) is 1. The number of benzene rings is 1. The van der Waals surface area contributed by atoms with E-state index in [9.17, 15) is 9.18 Å². The Labute approximate surface area is 104 Å². The highest BCUT2D eigenvalue weighted by molar-refractivity contribution is 7.99. The van der Waals surface area contributed by atoms with Crippen molar-refractivity contribution in [3.63, 3.8) is 0 Å². The molecule has 0 bridgehead atoms. The topological polar surface area (TPSA) is 63.3 Å². The Hall–Kier alpha value is -1.07. The molecule has 0 fully saturated rings. The van der Waals surface area contributed by atoms with Crippen molar-refractivity contribution in [2.45, 2.75) is 24.3 Å². The first-order valence-corrected chi connectivity index (χ1v) is 6.40. The van der Waals surface area contributed by atoms with Gasteiger partial charge in [-0.25, -0.2) is 4.39 Å². The summed E-state index contributed by atoms with van der Waals surface area (Å²) in [6.45, 7) is 2.09. The molecule has 0 aliphatic carbocycles. The van der Waals surface area contributed by atoms with Gasteiger partial charge in [-0.2, -0.15) is 11.8 Å². The lowest BCUT2D eigenvalue weighted by Crippen LogP contribution is -2.11. The highest BCUT2D eigenvalue weighted by Gasteiger charge is 2.09. The van der Waals surface area contributed by atoms with E-state index in [4.69, 9.17) is 10.8 Å². The van der Waals surface area contributed by atoms with Crippen LogP contribution in [0.1, 0.15) is 29.3 Å². The Morgan fingerprint density at radius 2 is 2.29 bits per heavy atom. The van der Waals surface area contributed by atoms with Gasteiger partial charge in [0, 0.05) is 23.2 Å². The second-order valence-electron chi connectivity index (χ2n) is 3.80. The zero-order valence-electron chi connectivity index (χ0n) is 9.65. The molecular formula is C12H16FNO2S. The molecule has 0 spiro atoms. The minimum absolute atomic E-state index is 0.123. The van der Waals surface area contributed by atoms with Crippen LogP contribution in [0.4, 0.5) is 4.39 Å². The predicted molar refractivity (Wildman–Crippen MR) is 67.4 cm³/mol. The minimum Gasteiger partial charge on any atom is -0.396 e. The second kappa shape index (κ2) is 6.61. The van der Waals surface area contributed by atoms with Crippen LogP contribution in [-0.2, 0) is 5.75 Å². The fourth-order valence-corrected chi connectivity index (χ4v) is 2.29. The molecule has 0 aliphatic heterocycles. The summed E-state index contributed by atoms with van der Waals surface area (Å²) < 4.78 is 13.5. The zero-order valence-corrected chi connectivity index (χ0v) is 10.5. The molecule has 3 N–H and O–H groups in total. The van der Waals surface area contributed by atoms with Crippen LogP contribution in [0.2, 0.25) is 0 Å². The van der Waals surface area contributed by atoms with Gasteiger partial charge in [-0.1, -0.05) is 6.92 Å². The molecule has 3 nitrogen and oxygen atoms in total. The highest BCUT2D eigenvalue weighted by atomic mass is 32.2. The van der Waals surface area contributed by atoms with Crippen LogP contribution in [0, 0.1) is 5.82 Å². The van der Waals surface area contributed by atoms with Gasteiger partial charge in [0.2, 0.25) is 5.91 Å². The van der Waals surface area contributed by atoms with E-state index in [-0.39, 0.29) is 17.7 Å². The third-order valence-corrected chi connectivity index (χ3v) is 3.67. The largest absolute Gasteiger partial charge is 0.396 e. The molecule has 0 saturated heterocycles. The minimum atomic E-state index is -0.556. The van der Waals surface area contributed by atoms with Crippen LogP contribution in [0.25, 0.3) is 0 Å². The van der Waals surface area contributed by atoms with Gasteiger partial charge < -0.3 is 10.8 Å². The number of carbonyl (C=O) groups excluding carboxylic acids is 1. The van der Waals surface area contributed by atoms with Crippen molar-refractivity contribution in [1.29, 1.82) is 0 Å².